The van der Waals surface area contributed by atoms with E-state index in [0.29, 0.717) is 30.9 Å². The van der Waals surface area contributed by atoms with Crippen LogP contribution in [0.5, 0.6) is 11.8 Å². The Morgan fingerprint density at radius 2 is 1.80 bits per heavy atom. The second-order valence-corrected chi connectivity index (χ2v) is 8.68. The highest BCUT2D eigenvalue weighted by molar-refractivity contribution is 5.75. The summed E-state index contributed by atoms with van der Waals surface area (Å²) in [4.78, 5) is 23.3. The van der Waals surface area contributed by atoms with E-state index in [2.05, 4.69) is 9.97 Å². The number of amides is 1. The predicted octanol–water partition coefficient (Wildman–Crippen LogP) is 4.83. The van der Waals surface area contributed by atoms with Crippen LogP contribution >= 0.6 is 0 Å². The highest BCUT2D eigenvalue weighted by Gasteiger charge is 2.27. The SMILES string of the molecule is CCOc1nc2ccccc2nc1OCCC[C@@H]1CCCN(C(=O)OC(C)(C)C)C1. The summed E-state index contributed by atoms with van der Waals surface area (Å²) < 4.78 is 17.1. The van der Waals surface area contributed by atoms with E-state index in [4.69, 9.17) is 14.2 Å². The van der Waals surface area contributed by atoms with Gasteiger partial charge >= 0.3 is 6.09 Å². The van der Waals surface area contributed by atoms with Crippen molar-refractivity contribution in [1.29, 1.82) is 0 Å². The predicted molar refractivity (Wildman–Crippen MR) is 116 cm³/mol. The fourth-order valence-corrected chi connectivity index (χ4v) is 3.63. The Balaban J connectivity index is 1.51. The minimum absolute atomic E-state index is 0.212. The average Bonchev–Trinajstić information content (AvgIpc) is 2.70. The average molecular weight is 416 g/mol. The number of aromatic nitrogens is 2. The number of likely N-dealkylation sites (tertiary alicyclic amines) is 1. The molecule has 1 aromatic heterocycles. The molecule has 1 aromatic carbocycles. The third-order valence-electron chi connectivity index (χ3n) is 4.96. The Labute approximate surface area is 178 Å². The number of carbonyl (C=O) groups is 1. The molecule has 1 saturated heterocycles. The molecule has 0 unspecified atom stereocenters. The number of para-hydroxylation sites is 2. The van der Waals surface area contributed by atoms with Crippen LogP contribution in [0.4, 0.5) is 4.79 Å². The number of nitrogens with zero attached hydrogens (tertiary/aromatic N) is 3. The number of hydrogen-bond donors (Lipinski definition) is 0. The second kappa shape index (κ2) is 9.96. The van der Waals surface area contributed by atoms with Crippen LogP contribution in [-0.4, -0.2) is 52.9 Å². The highest BCUT2D eigenvalue weighted by atomic mass is 16.6. The van der Waals surface area contributed by atoms with Gasteiger partial charge < -0.3 is 19.1 Å². The molecule has 2 heterocycles. The summed E-state index contributed by atoms with van der Waals surface area (Å²) >= 11 is 0. The van der Waals surface area contributed by atoms with Crippen molar-refractivity contribution in [3.05, 3.63) is 24.3 Å². The van der Waals surface area contributed by atoms with Gasteiger partial charge in [0.25, 0.3) is 11.8 Å². The number of rotatable bonds is 7. The molecule has 0 radical (unpaired) electrons. The van der Waals surface area contributed by atoms with Crippen LogP contribution in [0.15, 0.2) is 24.3 Å². The lowest BCUT2D eigenvalue weighted by molar-refractivity contribution is 0.0159. The maximum absolute atomic E-state index is 12.3. The maximum Gasteiger partial charge on any atom is 0.410 e. The van der Waals surface area contributed by atoms with Crippen molar-refractivity contribution in [2.45, 2.75) is 59.0 Å². The molecule has 0 spiro atoms. The number of hydrogen-bond acceptors (Lipinski definition) is 6. The van der Waals surface area contributed by atoms with E-state index in [1.165, 1.54) is 0 Å². The summed E-state index contributed by atoms with van der Waals surface area (Å²) in [5.41, 5.74) is 1.12. The van der Waals surface area contributed by atoms with Gasteiger partial charge in [-0.15, -0.1) is 0 Å². The van der Waals surface area contributed by atoms with Crippen LogP contribution in [0, 0.1) is 5.92 Å². The lowest BCUT2D eigenvalue weighted by Crippen LogP contribution is -2.42. The molecule has 1 atom stereocenters. The number of carbonyl (C=O) groups excluding carboxylic acids is 1. The first-order chi connectivity index (χ1) is 14.4. The smallest absolute Gasteiger partial charge is 0.410 e. The molecule has 0 saturated carbocycles. The molecular weight excluding hydrogens is 382 g/mol. The van der Waals surface area contributed by atoms with Crippen LogP contribution in [0.1, 0.15) is 53.4 Å². The van der Waals surface area contributed by atoms with Gasteiger partial charge in [-0.25, -0.2) is 14.8 Å². The van der Waals surface area contributed by atoms with Crippen molar-refractivity contribution in [3.8, 4) is 11.8 Å². The van der Waals surface area contributed by atoms with E-state index >= 15 is 0 Å². The monoisotopic (exact) mass is 415 g/mol. The van der Waals surface area contributed by atoms with Crippen LogP contribution in [0.2, 0.25) is 0 Å². The van der Waals surface area contributed by atoms with Crippen LogP contribution < -0.4 is 9.47 Å². The summed E-state index contributed by atoms with van der Waals surface area (Å²) in [6, 6.07) is 7.69. The topological polar surface area (TPSA) is 73.8 Å². The van der Waals surface area contributed by atoms with Crippen molar-refractivity contribution in [2.24, 2.45) is 5.92 Å². The Kier molecular flexibility index (Phi) is 7.34. The number of benzene rings is 1. The van der Waals surface area contributed by atoms with Crippen molar-refractivity contribution in [1.82, 2.24) is 14.9 Å². The van der Waals surface area contributed by atoms with Crippen molar-refractivity contribution in [2.75, 3.05) is 26.3 Å². The molecule has 7 heteroatoms. The van der Waals surface area contributed by atoms with E-state index in [1.807, 2.05) is 56.9 Å². The Morgan fingerprint density at radius 3 is 2.43 bits per heavy atom. The third-order valence-corrected chi connectivity index (χ3v) is 4.96. The molecule has 7 nitrogen and oxygen atoms in total. The first-order valence-electron chi connectivity index (χ1n) is 10.9. The van der Waals surface area contributed by atoms with Gasteiger partial charge in [-0.05, 0) is 71.4 Å². The molecule has 0 N–H and O–H groups in total. The molecule has 1 amide bonds. The zero-order chi connectivity index (χ0) is 21.6. The van der Waals surface area contributed by atoms with Crippen LogP contribution in [0.25, 0.3) is 11.0 Å². The Morgan fingerprint density at radius 1 is 1.13 bits per heavy atom. The van der Waals surface area contributed by atoms with Gasteiger partial charge in [-0.1, -0.05) is 12.1 Å². The van der Waals surface area contributed by atoms with Gasteiger partial charge in [0, 0.05) is 13.1 Å². The molecule has 3 rings (SSSR count). The minimum Gasteiger partial charge on any atom is -0.474 e. The molecule has 2 aromatic rings. The van der Waals surface area contributed by atoms with Gasteiger partial charge in [0.2, 0.25) is 0 Å². The molecule has 0 bridgehead atoms. The number of piperidine rings is 1. The Bertz CT molecular complexity index is 850. The maximum atomic E-state index is 12.3. The van der Waals surface area contributed by atoms with Gasteiger partial charge in [0.15, 0.2) is 0 Å². The van der Waals surface area contributed by atoms with Gasteiger partial charge in [-0.2, -0.15) is 0 Å². The first-order valence-corrected chi connectivity index (χ1v) is 10.9. The fraction of sp³-hybridized carbons (Fsp3) is 0.609. The molecule has 164 valence electrons. The lowest BCUT2D eigenvalue weighted by Gasteiger charge is -2.34. The minimum atomic E-state index is -0.461. The molecular formula is C23H33N3O4. The largest absolute Gasteiger partial charge is 0.474 e. The van der Waals surface area contributed by atoms with Crippen molar-refractivity contribution in [3.63, 3.8) is 0 Å². The summed E-state index contributed by atoms with van der Waals surface area (Å²) in [7, 11) is 0. The molecule has 1 fully saturated rings. The fourth-order valence-electron chi connectivity index (χ4n) is 3.63. The summed E-state index contributed by atoms with van der Waals surface area (Å²) in [5, 5.41) is 0. The van der Waals surface area contributed by atoms with E-state index < -0.39 is 5.60 Å². The summed E-state index contributed by atoms with van der Waals surface area (Å²) in [5.74, 6) is 1.34. The van der Waals surface area contributed by atoms with E-state index in [-0.39, 0.29) is 6.09 Å². The number of ether oxygens (including phenoxy) is 3. The molecule has 1 aliphatic heterocycles. The lowest BCUT2D eigenvalue weighted by atomic mass is 9.94. The second-order valence-electron chi connectivity index (χ2n) is 8.68. The third kappa shape index (κ3) is 6.21. The van der Waals surface area contributed by atoms with Gasteiger partial charge in [0.1, 0.15) is 5.60 Å². The molecule has 30 heavy (non-hydrogen) atoms. The standard InChI is InChI=1S/C23H33N3O4/c1-5-28-20-21(25-19-13-7-6-12-18(19)24-20)29-15-9-11-17-10-8-14-26(16-17)22(27)30-23(2,3)4/h6-7,12-13,17H,5,8-11,14-16H2,1-4H3/t17-/m0/s1. The summed E-state index contributed by atoms with van der Waals surface area (Å²) in [6.45, 7) is 10.2. The van der Waals surface area contributed by atoms with Crippen molar-refractivity contribution < 1.29 is 19.0 Å². The first kappa shape index (κ1) is 22.1. The van der Waals surface area contributed by atoms with E-state index in [9.17, 15) is 4.79 Å². The van der Waals surface area contributed by atoms with Gasteiger partial charge in [-0.3, -0.25) is 0 Å². The quantitative estimate of drug-likeness (QED) is 0.603. The van der Waals surface area contributed by atoms with Crippen LogP contribution in [0.3, 0.4) is 0 Å². The van der Waals surface area contributed by atoms with Gasteiger partial charge in [0.05, 0.1) is 24.2 Å². The zero-order valence-electron chi connectivity index (χ0n) is 18.5. The zero-order valence-corrected chi connectivity index (χ0v) is 18.5. The summed E-state index contributed by atoms with van der Waals surface area (Å²) in [6.07, 6.45) is 3.79. The molecule has 0 aliphatic carbocycles. The highest BCUT2D eigenvalue weighted by Crippen LogP contribution is 2.27. The van der Waals surface area contributed by atoms with E-state index in [1.54, 1.807) is 0 Å². The Hall–Kier alpha value is -2.57. The number of fused-ring (bicyclic) bond motifs is 1. The van der Waals surface area contributed by atoms with E-state index in [0.717, 1.165) is 49.8 Å². The molecule has 1 aliphatic rings. The van der Waals surface area contributed by atoms with Crippen molar-refractivity contribution >= 4 is 17.1 Å². The normalized spacial score (nSPS) is 17.1. The van der Waals surface area contributed by atoms with Crippen LogP contribution in [-0.2, 0) is 4.74 Å².